The van der Waals surface area contributed by atoms with E-state index in [2.05, 4.69) is 10.3 Å². The maximum absolute atomic E-state index is 13.2. The van der Waals surface area contributed by atoms with Crippen molar-refractivity contribution in [2.45, 2.75) is 43.6 Å². The van der Waals surface area contributed by atoms with Crippen molar-refractivity contribution in [3.8, 4) is 0 Å². The molecule has 5 heteroatoms. The van der Waals surface area contributed by atoms with E-state index in [-0.39, 0.29) is 17.9 Å². The maximum Gasteiger partial charge on any atom is 0.237 e. The van der Waals surface area contributed by atoms with E-state index < -0.39 is 5.41 Å². The van der Waals surface area contributed by atoms with Crippen LogP contribution in [-0.4, -0.2) is 28.2 Å². The molecule has 27 heavy (non-hydrogen) atoms. The number of fused-ring (bicyclic) bond motifs is 2. The highest BCUT2D eigenvalue weighted by molar-refractivity contribution is 6.07. The van der Waals surface area contributed by atoms with Crippen molar-refractivity contribution in [2.75, 3.05) is 11.9 Å². The Morgan fingerprint density at radius 1 is 1.22 bits per heavy atom. The van der Waals surface area contributed by atoms with Crippen LogP contribution in [0.15, 0.2) is 48.8 Å². The van der Waals surface area contributed by atoms with Crippen LogP contribution in [-0.2, 0) is 15.0 Å². The summed E-state index contributed by atoms with van der Waals surface area (Å²) in [6.45, 7) is 0.604. The number of para-hydroxylation sites is 1. The molecule has 3 heterocycles. The number of pyridine rings is 1. The maximum atomic E-state index is 13.2. The van der Waals surface area contributed by atoms with Crippen molar-refractivity contribution in [3.05, 3.63) is 59.9 Å². The van der Waals surface area contributed by atoms with Gasteiger partial charge in [0.1, 0.15) is 5.41 Å². The van der Waals surface area contributed by atoms with Crippen molar-refractivity contribution < 1.29 is 9.59 Å². The monoisotopic (exact) mass is 361 g/mol. The lowest BCUT2D eigenvalue weighted by Crippen LogP contribution is -2.43. The number of amides is 2. The fourth-order valence-electron chi connectivity index (χ4n) is 5.02. The van der Waals surface area contributed by atoms with Gasteiger partial charge in [-0.2, -0.15) is 0 Å². The Labute approximate surface area is 158 Å². The Bertz CT molecular complexity index is 893. The first-order chi connectivity index (χ1) is 13.2. The minimum atomic E-state index is -0.727. The Morgan fingerprint density at radius 2 is 2.07 bits per heavy atom. The third kappa shape index (κ3) is 2.41. The molecule has 1 aliphatic carbocycles. The molecule has 0 bridgehead atoms. The van der Waals surface area contributed by atoms with Gasteiger partial charge in [-0.1, -0.05) is 30.7 Å². The number of nitrogens with one attached hydrogen (secondary N) is 1. The molecule has 2 unspecified atom stereocenters. The molecule has 1 aromatic carbocycles. The van der Waals surface area contributed by atoms with E-state index in [1.54, 1.807) is 12.4 Å². The van der Waals surface area contributed by atoms with Crippen LogP contribution in [0.5, 0.6) is 0 Å². The van der Waals surface area contributed by atoms with Gasteiger partial charge in [-0.15, -0.1) is 0 Å². The summed E-state index contributed by atoms with van der Waals surface area (Å²) >= 11 is 0. The summed E-state index contributed by atoms with van der Waals surface area (Å²) in [6.07, 6.45) is 8.28. The first-order valence-electron chi connectivity index (χ1n) is 9.80. The van der Waals surface area contributed by atoms with E-state index in [9.17, 15) is 9.59 Å². The van der Waals surface area contributed by atoms with E-state index in [1.807, 2.05) is 41.3 Å². The Hall–Kier alpha value is -2.69. The molecular formula is C22H23N3O2. The molecule has 5 rings (SSSR count). The van der Waals surface area contributed by atoms with Crippen LogP contribution in [0.1, 0.15) is 49.3 Å². The minimum absolute atomic E-state index is 0.00324. The predicted molar refractivity (Wildman–Crippen MR) is 102 cm³/mol. The van der Waals surface area contributed by atoms with Gasteiger partial charge in [-0.05, 0) is 48.4 Å². The van der Waals surface area contributed by atoms with Crippen LogP contribution in [0, 0.1) is 5.92 Å². The second kappa shape index (κ2) is 6.19. The molecule has 5 nitrogen and oxygen atoms in total. The van der Waals surface area contributed by atoms with Gasteiger partial charge in [-0.25, -0.2) is 0 Å². The average molecular weight is 361 g/mol. The van der Waals surface area contributed by atoms with E-state index >= 15 is 0 Å². The lowest BCUT2D eigenvalue weighted by atomic mass is 9.72. The number of nitrogens with zero attached hydrogens (tertiary/aromatic N) is 2. The molecule has 1 spiro atoms. The third-order valence-electron chi connectivity index (χ3n) is 6.60. The molecule has 1 saturated carbocycles. The molecule has 2 aromatic rings. The van der Waals surface area contributed by atoms with Crippen LogP contribution < -0.4 is 5.32 Å². The Morgan fingerprint density at radius 3 is 2.81 bits per heavy atom. The summed E-state index contributed by atoms with van der Waals surface area (Å²) in [7, 11) is 0. The van der Waals surface area contributed by atoms with E-state index in [0.717, 1.165) is 29.7 Å². The van der Waals surface area contributed by atoms with Gasteiger partial charge in [0.15, 0.2) is 0 Å². The van der Waals surface area contributed by atoms with Gasteiger partial charge >= 0.3 is 0 Å². The summed E-state index contributed by atoms with van der Waals surface area (Å²) in [4.78, 5) is 32.6. The quantitative estimate of drug-likeness (QED) is 0.911. The SMILES string of the molecule is O=C(CC1CCC1)N1CCC2(C(=O)Nc3ccccc32)C1c1cccnc1. The molecule has 1 N–H and O–H groups in total. The number of benzene rings is 1. The van der Waals surface area contributed by atoms with Gasteiger partial charge in [0.25, 0.3) is 0 Å². The topological polar surface area (TPSA) is 62.3 Å². The summed E-state index contributed by atoms with van der Waals surface area (Å²) in [5.41, 5.74) is 2.07. The van der Waals surface area contributed by atoms with Crippen LogP contribution in [0.25, 0.3) is 0 Å². The molecule has 0 radical (unpaired) electrons. The molecule has 2 atom stereocenters. The van der Waals surface area contributed by atoms with E-state index in [4.69, 9.17) is 0 Å². The van der Waals surface area contributed by atoms with Crippen LogP contribution >= 0.6 is 0 Å². The summed E-state index contributed by atoms with van der Waals surface area (Å²) in [5.74, 6) is 0.674. The molecule has 1 aromatic heterocycles. The second-order valence-corrected chi connectivity index (χ2v) is 8.00. The summed E-state index contributed by atoms with van der Waals surface area (Å²) < 4.78 is 0. The fourth-order valence-corrected chi connectivity index (χ4v) is 5.02. The van der Waals surface area contributed by atoms with E-state index in [1.165, 1.54) is 6.42 Å². The zero-order chi connectivity index (χ0) is 18.4. The Kier molecular flexibility index (Phi) is 3.78. The molecule has 3 aliphatic rings. The molecule has 2 fully saturated rings. The normalized spacial score (nSPS) is 26.7. The van der Waals surface area contributed by atoms with Gasteiger partial charge in [-0.3, -0.25) is 14.6 Å². The summed E-state index contributed by atoms with van der Waals surface area (Å²) in [5, 5.41) is 3.06. The smallest absolute Gasteiger partial charge is 0.237 e. The molecule has 2 aliphatic heterocycles. The average Bonchev–Trinajstić information content (AvgIpc) is 3.19. The zero-order valence-corrected chi connectivity index (χ0v) is 15.2. The lowest BCUT2D eigenvalue weighted by Gasteiger charge is -2.35. The Balaban J connectivity index is 1.59. The van der Waals surface area contributed by atoms with Crippen molar-refractivity contribution in [1.29, 1.82) is 0 Å². The van der Waals surface area contributed by atoms with Crippen LogP contribution in [0.2, 0.25) is 0 Å². The second-order valence-electron chi connectivity index (χ2n) is 8.00. The fraction of sp³-hybridized carbons (Fsp3) is 0.409. The van der Waals surface area contributed by atoms with Gasteiger partial charge in [0.2, 0.25) is 11.8 Å². The summed E-state index contributed by atoms with van der Waals surface area (Å²) in [6, 6.07) is 11.4. The molecule has 2 amide bonds. The first-order valence-corrected chi connectivity index (χ1v) is 9.80. The number of hydrogen-bond donors (Lipinski definition) is 1. The number of carbonyl (C=O) groups is 2. The van der Waals surface area contributed by atoms with E-state index in [0.29, 0.717) is 25.3 Å². The highest BCUT2D eigenvalue weighted by Gasteiger charge is 2.59. The van der Waals surface area contributed by atoms with Crippen LogP contribution in [0.3, 0.4) is 0 Å². The number of hydrogen-bond acceptors (Lipinski definition) is 3. The van der Waals surface area contributed by atoms with Gasteiger partial charge < -0.3 is 10.2 Å². The van der Waals surface area contributed by atoms with Crippen molar-refractivity contribution >= 4 is 17.5 Å². The van der Waals surface area contributed by atoms with Crippen molar-refractivity contribution in [3.63, 3.8) is 0 Å². The lowest BCUT2D eigenvalue weighted by molar-refractivity contribution is -0.135. The number of aromatic nitrogens is 1. The van der Waals surface area contributed by atoms with Crippen LogP contribution in [0.4, 0.5) is 5.69 Å². The highest BCUT2D eigenvalue weighted by atomic mass is 16.2. The first kappa shape index (κ1) is 16.5. The highest BCUT2D eigenvalue weighted by Crippen LogP contribution is 2.54. The minimum Gasteiger partial charge on any atom is -0.334 e. The van der Waals surface area contributed by atoms with Gasteiger partial charge in [0.05, 0.1) is 6.04 Å². The van der Waals surface area contributed by atoms with Crippen molar-refractivity contribution in [1.82, 2.24) is 9.88 Å². The zero-order valence-electron chi connectivity index (χ0n) is 15.2. The van der Waals surface area contributed by atoms with Gasteiger partial charge in [0, 0.05) is 31.0 Å². The number of anilines is 1. The van der Waals surface area contributed by atoms with Crippen molar-refractivity contribution in [2.24, 2.45) is 5.92 Å². The molecule has 138 valence electrons. The molecular weight excluding hydrogens is 338 g/mol. The third-order valence-corrected chi connectivity index (χ3v) is 6.60. The largest absolute Gasteiger partial charge is 0.334 e. The predicted octanol–water partition coefficient (Wildman–Crippen LogP) is 3.44. The number of rotatable bonds is 3. The number of carbonyl (C=O) groups excluding carboxylic acids is 2. The molecule has 1 saturated heterocycles. The number of likely N-dealkylation sites (tertiary alicyclic amines) is 1. The standard InChI is InChI=1S/C22H23N3O2/c26-19(13-15-5-3-6-15)25-12-10-22(20(25)16-7-4-11-23-14-16)17-8-1-2-9-18(17)24-21(22)27/h1-2,4,7-9,11,14-15,20H,3,5-6,10,12-13H2,(H,24,27).